The molecule has 0 saturated carbocycles. The van der Waals surface area contributed by atoms with Gasteiger partial charge in [0.15, 0.2) is 5.78 Å². The van der Waals surface area contributed by atoms with Crippen molar-refractivity contribution >= 4 is 5.78 Å². The van der Waals surface area contributed by atoms with E-state index in [0.29, 0.717) is 6.61 Å². The van der Waals surface area contributed by atoms with E-state index in [-0.39, 0.29) is 11.7 Å². The molecule has 24 heavy (non-hydrogen) atoms. The molecule has 2 aromatic carbocycles. The minimum Gasteiger partial charge on any atom is -0.494 e. The van der Waals surface area contributed by atoms with E-state index in [1.54, 1.807) is 0 Å². The number of benzene rings is 2. The van der Waals surface area contributed by atoms with Crippen LogP contribution in [0.1, 0.15) is 41.6 Å². The van der Waals surface area contributed by atoms with E-state index < -0.39 is 0 Å². The predicted molar refractivity (Wildman–Crippen MR) is 96.8 cm³/mol. The Bertz CT molecular complexity index is 645. The average molecular weight is 323 g/mol. The molecule has 3 nitrogen and oxygen atoms in total. The minimum atomic E-state index is -0.109. The van der Waals surface area contributed by atoms with Crippen LogP contribution >= 0.6 is 0 Å². The molecule has 1 fully saturated rings. The average Bonchev–Trinajstić information content (AvgIpc) is 3.14. The van der Waals surface area contributed by atoms with Crippen LogP contribution in [-0.4, -0.2) is 36.9 Å². The fourth-order valence-corrected chi connectivity index (χ4v) is 3.33. The van der Waals surface area contributed by atoms with Crippen LogP contribution in [0.4, 0.5) is 0 Å². The number of ether oxygens (including phenoxy) is 1. The van der Waals surface area contributed by atoms with Crippen LogP contribution in [-0.2, 0) is 0 Å². The summed E-state index contributed by atoms with van der Waals surface area (Å²) < 4.78 is 5.47. The van der Waals surface area contributed by atoms with Crippen LogP contribution < -0.4 is 4.74 Å². The number of hydrogen-bond acceptors (Lipinski definition) is 3. The summed E-state index contributed by atoms with van der Waals surface area (Å²) in [5, 5.41) is 0. The van der Waals surface area contributed by atoms with Crippen LogP contribution in [0.2, 0.25) is 0 Å². The van der Waals surface area contributed by atoms with Crippen molar-refractivity contribution in [3.63, 3.8) is 0 Å². The fourth-order valence-electron chi connectivity index (χ4n) is 3.33. The van der Waals surface area contributed by atoms with Gasteiger partial charge in [0.1, 0.15) is 5.75 Å². The lowest BCUT2D eigenvalue weighted by molar-refractivity contribution is 0.0939. The number of ketones is 1. The third-order valence-corrected chi connectivity index (χ3v) is 4.61. The van der Waals surface area contributed by atoms with Crippen molar-refractivity contribution in [1.29, 1.82) is 0 Å². The van der Waals surface area contributed by atoms with Crippen LogP contribution in [0.5, 0.6) is 5.75 Å². The lowest BCUT2D eigenvalue weighted by Crippen LogP contribution is -2.30. The molecule has 1 aliphatic heterocycles. The highest BCUT2D eigenvalue weighted by Gasteiger charge is 2.25. The van der Waals surface area contributed by atoms with Gasteiger partial charge in [-0.2, -0.15) is 0 Å². The van der Waals surface area contributed by atoms with Crippen molar-refractivity contribution in [1.82, 2.24) is 4.90 Å². The molecule has 0 N–H and O–H groups in total. The Morgan fingerprint density at radius 2 is 1.71 bits per heavy atom. The number of carbonyl (C=O) groups is 1. The van der Waals surface area contributed by atoms with Crippen LogP contribution in [0, 0.1) is 0 Å². The van der Waals surface area contributed by atoms with Crippen molar-refractivity contribution in [2.24, 2.45) is 0 Å². The van der Waals surface area contributed by atoms with Gasteiger partial charge in [0.2, 0.25) is 0 Å². The van der Waals surface area contributed by atoms with E-state index in [0.717, 1.165) is 36.5 Å². The number of hydrogen-bond donors (Lipinski definition) is 0. The normalized spacial score (nSPS) is 16.0. The monoisotopic (exact) mass is 323 g/mol. The first-order valence-corrected chi connectivity index (χ1v) is 8.82. The maximum atomic E-state index is 13.1. The Balaban J connectivity index is 1.82. The van der Waals surface area contributed by atoms with Gasteiger partial charge in [-0.15, -0.1) is 0 Å². The summed E-state index contributed by atoms with van der Waals surface area (Å²) in [6, 6.07) is 17.7. The SMILES string of the molecule is CCOc1ccc(C(=O)C(CN2CCCC2)c2ccccc2)cc1. The molecule has 0 aromatic heterocycles. The second kappa shape index (κ2) is 8.11. The molecule has 0 radical (unpaired) electrons. The Morgan fingerprint density at radius 3 is 2.33 bits per heavy atom. The largest absolute Gasteiger partial charge is 0.494 e. The summed E-state index contributed by atoms with van der Waals surface area (Å²) >= 11 is 0. The molecule has 1 atom stereocenters. The number of carbonyl (C=O) groups excluding carboxylic acids is 1. The summed E-state index contributed by atoms with van der Waals surface area (Å²) in [6.45, 7) is 5.59. The molecular formula is C21H25NO2. The Kier molecular flexibility index (Phi) is 5.65. The van der Waals surface area contributed by atoms with E-state index in [4.69, 9.17) is 4.74 Å². The van der Waals surface area contributed by atoms with Crippen molar-refractivity contribution in [3.05, 3.63) is 65.7 Å². The molecule has 0 bridgehead atoms. The third kappa shape index (κ3) is 4.04. The topological polar surface area (TPSA) is 29.5 Å². The van der Waals surface area contributed by atoms with Crippen molar-refractivity contribution in [2.45, 2.75) is 25.7 Å². The van der Waals surface area contributed by atoms with Crippen molar-refractivity contribution in [3.8, 4) is 5.75 Å². The summed E-state index contributed by atoms with van der Waals surface area (Å²) in [7, 11) is 0. The summed E-state index contributed by atoms with van der Waals surface area (Å²) in [5.41, 5.74) is 1.86. The predicted octanol–water partition coefficient (Wildman–Crippen LogP) is 4.15. The summed E-state index contributed by atoms with van der Waals surface area (Å²) in [6.07, 6.45) is 2.47. The fraction of sp³-hybridized carbons (Fsp3) is 0.381. The first-order chi connectivity index (χ1) is 11.8. The number of likely N-dealkylation sites (tertiary alicyclic amines) is 1. The molecule has 1 heterocycles. The molecule has 126 valence electrons. The number of Topliss-reactive ketones (excluding diaryl/α,β-unsaturated/α-hetero) is 1. The zero-order valence-corrected chi connectivity index (χ0v) is 14.3. The van der Waals surface area contributed by atoms with E-state index in [1.165, 1.54) is 12.8 Å². The molecule has 3 heteroatoms. The van der Waals surface area contributed by atoms with Gasteiger partial charge in [-0.25, -0.2) is 0 Å². The van der Waals surface area contributed by atoms with E-state index >= 15 is 0 Å². The second-order valence-electron chi connectivity index (χ2n) is 6.29. The standard InChI is InChI=1S/C21H25NO2/c1-2-24-19-12-10-18(11-13-19)21(23)20(16-22-14-6-7-15-22)17-8-4-3-5-9-17/h3-5,8-13,20H,2,6-7,14-16H2,1H3. The van der Waals surface area contributed by atoms with E-state index in [2.05, 4.69) is 17.0 Å². The summed E-state index contributed by atoms with van der Waals surface area (Å²) in [5.74, 6) is 0.892. The maximum absolute atomic E-state index is 13.1. The van der Waals surface area contributed by atoms with Gasteiger partial charge in [-0.3, -0.25) is 4.79 Å². The Morgan fingerprint density at radius 1 is 1.04 bits per heavy atom. The van der Waals surface area contributed by atoms with Crippen LogP contribution in [0.3, 0.4) is 0 Å². The van der Waals surface area contributed by atoms with Crippen molar-refractivity contribution < 1.29 is 9.53 Å². The summed E-state index contributed by atoms with van der Waals surface area (Å²) in [4.78, 5) is 15.5. The Hall–Kier alpha value is -2.13. The molecule has 0 aliphatic carbocycles. The molecule has 0 amide bonds. The highest BCUT2D eigenvalue weighted by Crippen LogP contribution is 2.25. The molecule has 2 aromatic rings. The third-order valence-electron chi connectivity index (χ3n) is 4.61. The quantitative estimate of drug-likeness (QED) is 0.717. The number of nitrogens with zero attached hydrogens (tertiary/aromatic N) is 1. The zero-order chi connectivity index (χ0) is 16.8. The van der Waals surface area contributed by atoms with Crippen LogP contribution in [0.25, 0.3) is 0 Å². The molecule has 3 rings (SSSR count). The lowest BCUT2D eigenvalue weighted by atomic mass is 9.90. The van der Waals surface area contributed by atoms with E-state index in [9.17, 15) is 4.79 Å². The first-order valence-electron chi connectivity index (χ1n) is 8.82. The maximum Gasteiger partial charge on any atom is 0.171 e. The highest BCUT2D eigenvalue weighted by molar-refractivity contribution is 6.01. The Labute approximate surface area is 144 Å². The van der Waals surface area contributed by atoms with Gasteiger partial charge >= 0.3 is 0 Å². The number of rotatable bonds is 7. The van der Waals surface area contributed by atoms with Crippen molar-refractivity contribution in [2.75, 3.05) is 26.2 Å². The highest BCUT2D eigenvalue weighted by atomic mass is 16.5. The zero-order valence-electron chi connectivity index (χ0n) is 14.3. The van der Waals surface area contributed by atoms with E-state index in [1.807, 2.05) is 49.4 Å². The molecule has 1 saturated heterocycles. The molecule has 0 spiro atoms. The lowest BCUT2D eigenvalue weighted by Gasteiger charge is -2.23. The first kappa shape index (κ1) is 16.7. The van der Waals surface area contributed by atoms with Gasteiger partial charge < -0.3 is 9.64 Å². The van der Waals surface area contributed by atoms with Gasteiger partial charge in [0.05, 0.1) is 12.5 Å². The smallest absolute Gasteiger partial charge is 0.171 e. The molecule has 1 unspecified atom stereocenters. The van der Waals surface area contributed by atoms with Gasteiger partial charge in [-0.1, -0.05) is 30.3 Å². The van der Waals surface area contributed by atoms with Crippen LogP contribution in [0.15, 0.2) is 54.6 Å². The molecule has 1 aliphatic rings. The second-order valence-corrected chi connectivity index (χ2v) is 6.29. The van der Waals surface area contributed by atoms with Gasteiger partial charge in [0, 0.05) is 12.1 Å². The molecular weight excluding hydrogens is 298 g/mol. The minimum absolute atomic E-state index is 0.109. The van der Waals surface area contributed by atoms with Gasteiger partial charge in [-0.05, 0) is 62.7 Å². The van der Waals surface area contributed by atoms with Gasteiger partial charge in [0.25, 0.3) is 0 Å².